The molecular weight excluding hydrogens is 401 g/mol. The lowest BCUT2D eigenvalue weighted by Gasteiger charge is -2.18. The molecule has 0 saturated heterocycles. The Labute approximate surface area is 188 Å². The minimum absolute atomic E-state index is 0.0901. The molecular formula is C27H28FN3O. The summed E-state index contributed by atoms with van der Waals surface area (Å²) in [6.45, 7) is 5.30. The van der Waals surface area contributed by atoms with E-state index < -0.39 is 0 Å². The lowest BCUT2D eigenvalue weighted by molar-refractivity contribution is -0.130. The summed E-state index contributed by atoms with van der Waals surface area (Å²) >= 11 is 0. The average molecular weight is 430 g/mol. The molecule has 0 unspecified atom stereocenters. The molecule has 1 heterocycles. The van der Waals surface area contributed by atoms with E-state index in [1.54, 1.807) is 17.0 Å². The molecule has 1 aromatic heterocycles. The maximum absolute atomic E-state index is 13.3. The van der Waals surface area contributed by atoms with Gasteiger partial charge in [-0.15, -0.1) is 0 Å². The lowest BCUT2D eigenvalue weighted by atomic mass is 10.1. The van der Waals surface area contributed by atoms with Crippen LogP contribution < -0.4 is 0 Å². The maximum atomic E-state index is 13.3. The van der Waals surface area contributed by atoms with Gasteiger partial charge in [-0.2, -0.15) is 0 Å². The Balaban J connectivity index is 1.57. The molecule has 4 aromatic rings. The fourth-order valence-electron chi connectivity index (χ4n) is 3.94. The predicted octanol–water partition coefficient (Wildman–Crippen LogP) is 5.43. The Morgan fingerprint density at radius 1 is 0.969 bits per heavy atom. The third-order valence-electron chi connectivity index (χ3n) is 5.96. The molecule has 5 heteroatoms. The Morgan fingerprint density at radius 2 is 1.66 bits per heavy atom. The number of carbonyl (C=O) groups excluding carboxylic acids is 1. The van der Waals surface area contributed by atoms with Crippen molar-refractivity contribution >= 4 is 16.9 Å². The number of aryl methyl sites for hydroxylation is 3. The maximum Gasteiger partial charge on any atom is 0.224 e. The highest BCUT2D eigenvalue weighted by Gasteiger charge is 2.16. The van der Waals surface area contributed by atoms with E-state index in [1.165, 1.54) is 23.3 Å². The highest BCUT2D eigenvalue weighted by molar-refractivity contribution is 5.79. The Hall–Kier alpha value is -3.47. The van der Waals surface area contributed by atoms with E-state index in [1.807, 2.05) is 37.4 Å². The smallest absolute Gasteiger partial charge is 0.224 e. The summed E-state index contributed by atoms with van der Waals surface area (Å²) in [6, 6.07) is 20.7. The summed E-state index contributed by atoms with van der Waals surface area (Å²) in [5.41, 5.74) is 6.44. The Bertz CT molecular complexity index is 1230. The van der Waals surface area contributed by atoms with Crippen molar-refractivity contribution in [3.63, 3.8) is 0 Å². The fourth-order valence-corrected chi connectivity index (χ4v) is 3.94. The topological polar surface area (TPSA) is 38.1 Å². The Morgan fingerprint density at radius 3 is 2.38 bits per heavy atom. The molecule has 3 aromatic carbocycles. The van der Waals surface area contributed by atoms with E-state index in [2.05, 4.69) is 30.5 Å². The highest BCUT2D eigenvalue weighted by atomic mass is 19.1. The minimum Gasteiger partial charge on any atom is -0.341 e. The van der Waals surface area contributed by atoms with Crippen molar-refractivity contribution in [3.05, 3.63) is 101 Å². The molecule has 0 aliphatic heterocycles. The van der Waals surface area contributed by atoms with Crippen LogP contribution in [0, 0.1) is 19.7 Å². The number of amides is 1. The van der Waals surface area contributed by atoms with Crippen LogP contribution in [0.2, 0.25) is 0 Å². The van der Waals surface area contributed by atoms with E-state index in [9.17, 15) is 9.18 Å². The summed E-state index contributed by atoms with van der Waals surface area (Å²) in [5, 5.41) is 0. The molecule has 0 aliphatic rings. The number of aromatic nitrogens is 2. The number of imidazole rings is 1. The van der Waals surface area contributed by atoms with E-state index in [0.29, 0.717) is 25.9 Å². The number of rotatable bonds is 7. The van der Waals surface area contributed by atoms with Crippen molar-refractivity contribution in [3.8, 4) is 0 Å². The first kappa shape index (κ1) is 21.8. The molecule has 0 atom stereocenters. The van der Waals surface area contributed by atoms with E-state index in [4.69, 9.17) is 4.98 Å². The zero-order valence-electron chi connectivity index (χ0n) is 18.8. The van der Waals surface area contributed by atoms with Crippen LogP contribution in [0.3, 0.4) is 0 Å². The first-order valence-electron chi connectivity index (χ1n) is 10.9. The van der Waals surface area contributed by atoms with Crippen LogP contribution in [0.1, 0.15) is 34.5 Å². The quantitative estimate of drug-likeness (QED) is 0.393. The largest absolute Gasteiger partial charge is 0.341 e. The monoisotopic (exact) mass is 429 g/mol. The number of nitrogens with zero attached hydrogens (tertiary/aromatic N) is 3. The van der Waals surface area contributed by atoms with Crippen molar-refractivity contribution in [1.29, 1.82) is 0 Å². The molecule has 164 valence electrons. The van der Waals surface area contributed by atoms with Gasteiger partial charge in [-0.25, -0.2) is 9.37 Å². The second-order valence-corrected chi connectivity index (χ2v) is 8.39. The average Bonchev–Trinajstić information content (AvgIpc) is 3.10. The van der Waals surface area contributed by atoms with Gasteiger partial charge in [0.1, 0.15) is 11.6 Å². The molecule has 0 fully saturated rings. The molecule has 0 spiro atoms. The molecule has 32 heavy (non-hydrogen) atoms. The fraction of sp³-hybridized carbons (Fsp3) is 0.259. The third-order valence-corrected chi connectivity index (χ3v) is 5.96. The molecule has 4 nitrogen and oxygen atoms in total. The van der Waals surface area contributed by atoms with Gasteiger partial charge in [0, 0.05) is 33.0 Å². The van der Waals surface area contributed by atoms with Crippen molar-refractivity contribution < 1.29 is 9.18 Å². The SMILES string of the molecule is Cc1cc2nc(Cc3ccc(F)cc3)n(CCC(=O)N(C)Cc3ccccc3)c2cc1C. The van der Waals surface area contributed by atoms with Gasteiger partial charge in [0.25, 0.3) is 0 Å². The summed E-state index contributed by atoms with van der Waals surface area (Å²) in [7, 11) is 1.84. The lowest BCUT2D eigenvalue weighted by Crippen LogP contribution is -2.27. The zero-order valence-corrected chi connectivity index (χ0v) is 18.8. The minimum atomic E-state index is -0.249. The van der Waals surface area contributed by atoms with Crippen LogP contribution in [0.4, 0.5) is 4.39 Å². The molecule has 1 amide bonds. The number of hydrogen-bond acceptors (Lipinski definition) is 2. The molecule has 0 radical (unpaired) electrons. The van der Waals surface area contributed by atoms with Crippen LogP contribution in [0.5, 0.6) is 0 Å². The van der Waals surface area contributed by atoms with Crippen LogP contribution in [0.25, 0.3) is 11.0 Å². The van der Waals surface area contributed by atoms with Gasteiger partial charge in [0.15, 0.2) is 0 Å². The van der Waals surface area contributed by atoms with Gasteiger partial charge in [-0.3, -0.25) is 4.79 Å². The van der Waals surface area contributed by atoms with Gasteiger partial charge in [-0.05, 0) is 60.4 Å². The standard InChI is InChI=1S/C27H28FN3O/c1-19-15-24-25(16-20(19)2)31(26(29-24)17-21-9-11-23(28)12-10-21)14-13-27(32)30(3)18-22-7-5-4-6-8-22/h4-12,15-16H,13-14,17-18H2,1-3H3. The summed E-state index contributed by atoms with van der Waals surface area (Å²) in [4.78, 5) is 19.5. The molecule has 0 saturated carbocycles. The van der Waals surface area contributed by atoms with Gasteiger partial charge >= 0.3 is 0 Å². The number of fused-ring (bicyclic) bond motifs is 1. The van der Waals surface area contributed by atoms with Crippen molar-refractivity contribution in [1.82, 2.24) is 14.5 Å². The van der Waals surface area contributed by atoms with E-state index in [-0.39, 0.29) is 11.7 Å². The van der Waals surface area contributed by atoms with Gasteiger partial charge in [0.2, 0.25) is 5.91 Å². The first-order chi connectivity index (χ1) is 15.4. The second kappa shape index (κ2) is 9.35. The summed E-state index contributed by atoms with van der Waals surface area (Å²) in [5.74, 6) is 0.725. The zero-order chi connectivity index (χ0) is 22.7. The highest BCUT2D eigenvalue weighted by Crippen LogP contribution is 2.23. The van der Waals surface area contributed by atoms with Crippen LogP contribution in [-0.4, -0.2) is 27.4 Å². The molecule has 0 aliphatic carbocycles. The number of benzene rings is 3. The van der Waals surface area contributed by atoms with Crippen LogP contribution in [0.15, 0.2) is 66.7 Å². The van der Waals surface area contributed by atoms with Gasteiger partial charge in [-0.1, -0.05) is 42.5 Å². The molecule has 4 rings (SSSR count). The van der Waals surface area contributed by atoms with E-state index >= 15 is 0 Å². The Kier molecular flexibility index (Phi) is 6.35. The van der Waals surface area contributed by atoms with Crippen molar-refractivity contribution in [2.45, 2.75) is 39.8 Å². The second-order valence-electron chi connectivity index (χ2n) is 8.39. The van der Waals surface area contributed by atoms with Gasteiger partial charge < -0.3 is 9.47 Å². The summed E-state index contributed by atoms with van der Waals surface area (Å²) in [6.07, 6.45) is 0.971. The third kappa shape index (κ3) is 4.88. The normalized spacial score (nSPS) is 11.1. The van der Waals surface area contributed by atoms with Crippen LogP contribution in [-0.2, 0) is 24.3 Å². The summed E-state index contributed by atoms with van der Waals surface area (Å²) < 4.78 is 15.5. The number of halogens is 1. The van der Waals surface area contributed by atoms with Gasteiger partial charge in [0.05, 0.1) is 11.0 Å². The van der Waals surface area contributed by atoms with Crippen molar-refractivity contribution in [2.75, 3.05) is 7.05 Å². The molecule has 0 N–H and O–H groups in total. The van der Waals surface area contributed by atoms with Crippen molar-refractivity contribution in [2.24, 2.45) is 0 Å². The van der Waals surface area contributed by atoms with E-state index in [0.717, 1.165) is 28.0 Å². The first-order valence-corrected chi connectivity index (χ1v) is 10.9. The number of carbonyl (C=O) groups is 1. The molecule has 0 bridgehead atoms. The number of hydrogen-bond donors (Lipinski definition) is 0. The van der Waals surface area contributed by atoms with Crippen LogP contribution >= 0.6 is 0 Å². The predicted molar refractivity (Wildman–Crippen MR) is 126 cm³/mol.